The Morgan fingerprint density at radius 1 is 1.37 bits per heavy atom. The van der Waals surface area contributed by atoms with Crippen LogP contribution in [0.1, 0.15) is 36.9 Å². The van der Waals surface area contributed by atoms with Gasteiger partial charge < -0.3 is 9.84 Å². The van der Waals surface area contributed by atoms with Crippen LogP contribution in [0.25, 0.3) is 0 Å². The minimum absolute atomic E-state index is 0.120. The Morgan fingerprint density at radius 3 is 2.89 bits per heavy atom. The van der Waals surface area contributed by atoms with E-state index in [2.05, 4.69) is 26.9 Å². The van der Waals surface area contributed by atoms with Crippen molar-refractivity contribution in [1.82, 2.24) is 4.90 Å². The van der Waals surface area contributed by atoms with Crippen LogP contribution in [-0.2, 0) is 4.79 Å². The normalized spacial score (nSPS) is 18.9. The van der Waals surface area contributed by atoms with Gasteiger partial charge in [0, 0.05) is 21.6 Å². The predicted octanol–water partition coefficient (Wildman–Crippen LogP) is 5.39. The molecule has 2 unspecified atom stereocenters. The third-order valence-corrected chi connectivity index (χ3v) is 5.63. The molecule has 2 atom stereocenters. The minimum Gasteiger partial charge on any atom is -0.494 e. The van der Waals surface area contributed by atoms with Gasteiger partial charge in [0.05, 0.1) is 18.6 Å². The van der Waals surface area contributed by atoms with Crippen molar-refractivity contribution in [3.05, 3.63) is 63.1 Å². The number of halogens is 2. The Balaban J connectivity index is 2.08. The topological polar surface area (TPSA) is 49.8 Å². The summed E-state index contributed by atoms with van der Waals surface area (Å²) in [6.07, 6.45) is 1.57. The van der Waals surface area contributed by atoms with Gasteiger partial charge in [0.2, 0.25) is 0 Å². The molecule has 1 N–H and O–H groups in total. The maximum atomic E-state index is 11.6. The fourth-order valence-corrected chi connectivity index (χ4v) is 4.30. The average molecular weight is 453 g/mol. The molecule has 6 heteroatoms. The van der Waals surface area contributed by atoms with Gasteiger partial charge in [0.1, 0.15) is 5.75 Å². The summed E-state index contributed by atoms with van der Waals surface area (Å²) in [7, 11) is 0. The molecule has 1 aliphatic rings. The zero-order valence-electron chi connectivity index (χ0n) is 15.2. The van der Waals surface area contributed by atoms with Gasteiger partial charge in [-0.15, -0.1) is 0 Å². The Kier molecular flexibility index (Phi) is 6.79. The summed E-state index contributed by atoms with van der Waals surface area (Å²) in [5, 5.41) is 10.2. The molecule has 27 heavy (non-hydrogen) atoms. The zero-order chi connectivity index (χ0) is 19.4. The molecule has 1 saturated heterocycles. The van der Waals surface area contributed by atoms with Crippen molar-refractivity contribution in [2.75, 3.05) is 19.7 Å². The molecule has 2 aromatic carbocycles. The average Bonchev–Trinajstić information content (AvgIpc) is 2.64. The molecule has 4 nitrogen and oxygen atoms in total. The lowest BCUT2D eigenvalue weighted by molar-refractivity contribution is -0.143. The van der Waals surface area contributed by atoms with Crippen LogP contribution >= 0.6 is 27.5 Å². The van der Waals surface area contributed by atoms with Gasteiger partial charge in [-0.25, -0.2) is 0 Å². The second-order valence-electron chi connectivity index (χ2n) is 6.75. The first-order valence-electron chi connectivity index (χ1n) is 9.14. The molecule has 1 heterocycles. The Hall–Kier alpha value is -1.56. The van der Waals surface area contributed by atoms with E-state index in [1.807, 2.05) is 43.3 Å². The van der Waals surface area contributed by atoms with Crippen molar-refractivity contribution >= 4 is 33.5 Å². The molecule has 0 aromatic heterocycles. The first-order chi connectivity index (χ1) is 13.0. The molecule has 0 radical (unpaired) electrons. The maximum Gasteiger partial charge on any atom is 0.307 e. The molecule has 1 aliphatic heterocycles. The van der Waals surface area contributed by atoms with Crippen molar-refractivity contribution in [2.24, 2.45) is 5.92 Å². The molecule has 1 fully saturated rings. The van der Waals surface area contributed by atoms with Crippen molar-refractivity contribution in [1.29, 1.82) is 0 Å². The van der Waals surface area contributed by atoms with Crippen molar-refractivity contribution in [3.8, 4) is 5.75 Å². The first kappa shape index (κ1) is 20.2. The minimum atomic E-state index is -0.733. The number of ether oxygens (including phenoxy) is 1. The summed E-state index contributed by atoms with van der Waals surface area (Å²) < 4.78 is 6.85. The largest absolute Gasteiger partial charge is 0.494 e. The smallest absolute Gasteiger partial charge is 0.307 e. The van der Waals surface area contributed by atoms with Crippen molar-refractivity contribution in [2.45, 2.75) is 25.8 Å². The van der Waals surface area contributed by atoms with E-state index in [0.717, 1.165) is 34.3 Å². The fraction of sp³-hybridized carbons (Fsp3) is 0.381. The first-order valence-corrected chi connectivity index (χ1v) is 10.3. The summed E-state index contributed by atoms with van der Waals surface area (Å²) in [6, 6.07) is 13.6. The third kappa shape index (κ3) is 4.84. The summed E-state index contributed by atoms with van der Waals surface area (Å²) in [4.78, 5) is 13.8. The highest BCUT2D eigenvalue weighted by molar-refractivity contribution is 9.10. The second-order valence-corrected chi connectivity index (χ2v) is 8.10. The van der Waals surface area contributed by atoms with Gasteiger partial charge in [-0.2, -0.15) is 0 Å². The lowest BCUT2D eigenvalue weighted by Crippen LogP contribution is -2.41. The molecule has 0 bridgehead atoms. The fourth-order valence-electron chi connectivity index (χ4n) is 3.73. The lowest BCUT2D eigenvalue weighted by Gasteiger charge is -2.38. The number of piperidine rings is 1. The number of nitrogens with zero attached hydrogens (tertiary/aromatic N) is 1. The van der Waals surface area contributed by atoms with E-state index in [0.29, 0.717) is 24.6 Å². The number of likely N-dealkylation sites (tertiary alicyclic amines) is 1. The molecule has 2 aromatic rings. The van der Waals surface area contributed by atoms with Crippen LogP contribution in [0.4, 0.5) is 0 Å². The predicted molar refractivity (Wildman–Crippen MR) is 111 cm³/mol. The molecular weight excluding hydrogens is 430 g/mol. The van der Waals surface area contributed by atoms with E-state index in [9.17, 15) is 9.90 Å². The van der Waals surface area contributed by atoms with Gasteiger partial charge >= 0.3 is 5.97 Å². The van der Waals surface area contributed by atoms with E-state index in [1.165, 1.54) is 0 Å². The lowest BCUT2D eigenvalue weighted by atomic mass is 9.91. The van der Waals surface area contributed by atoms with E-state index in [4.69, 9.17) is 16.3 Å². The Labute approximate surface area is 173 Å². The maximum absolute atomic E-state index is 11.6. The van der Waals surface area contributed by atoms with Crippen LogP contribution in [0.3, 0.4) is 0 Å². The molecule has 0 amide bonds. The number of carboxylic acid groups (broad SMARTS) is 1. The molecule has 0 spiro atoms. The molecule has 0 saturated carbocycles. The van der Waals surface area contributed by atoms with Crippen LogP contribution in [0.15, 0.2) is 46.9 Å². The van der Waals surface area contributed by atoms with Gasteiger partial charge in [-0.3, -0.25) is 9.69 Å². The summed E-state index contributed by atoms with van der Waals surface area (Å²) in [6.45, 7) is 3.86. The second kappa shape index (κ2) is 9.09. The molecular formula is C21H23BrClNO3. The van der Waals surface area contributed by atoms with E-state index >= 15 is 0 Å². The van der Waals surface area contributed by atoms with Gasteiger partial charge in [0.15, 0.2) is 0 Å². The number of hydrogen-bond acceptors (Lipinski definition) is 3. The highest BCUT2D eigenvalue weighted by Crippen LogP contribution is 2.39. The monoisotopic (exact) mass is 451 g/mol. The highest BCUT2D eigenvalue weighted by atomic mass is 79.9. The van der Waals surface area contributed by atoms with Crippen LogP contribution in [0, 0.1) is 5.92 Å². The highest BCUT2D eigenvalue weighted by Gasteiger charge is 2.32. The van der Waals surface area contributed by atoms with E-state index in [1.54, 1.807) is 0 Å². The third-order valence-electron chi connectivity index (χ3n) is 4.90. The van der Waals surface area contributed by atoms with Crippen molar-refractivity contribution in [3.63, 3.8) is 0 Å². The number of hydrogen-bond donors (Lipinski definition) is 1. The summed E-state index contributed by atoms with van der Waals surface area (Å²) in [5.41, 5.74) is 2.05. The number of benzene rings is 2. The Morgan fingerprint density at radius 2 is 2.19 bits per heavy atom. The number of carbonyl (C=O) groups is 1. The van der Waals surface area contributed by atoms with Crippen LogP contribution in [-0.4, -0.2) is 35.7 Å². The quantitative estimate of drug-likeness (QED) is 0.638. The van der Waals surface area contributed by atoms with Crippen LogP contribution in [0.5, 0.6) is 5.75 Å². The number of carboxylic acids is 1. The molecule has 144 valence electrons. The van der Waals surface area contributed by atoms with E-state index in [-0.39, 0.29) is 12.0 Å². The summed E-state index contributed by atoms with van der Waals surface area (Å²) in [5.74, 6) is -0.282. The Bertz CT molecular complexity index is 814. The van der Waals surface area contributed by atoms with Gasteiger partial charge in [-0.05, 0) is 62.2 Å². The van der Waals surface area contributed by atoms with E-state index < -0.39 is 5.97 Å². The molecule has 3 rings (SSSR count). The van der Waals surface area contributed by atoms with Crippen LogP contribution < -0.4 is 4.74 Å². The van der Waals surface area contributed by atoms with Gasteiger partial charge in [0.25, 0.3) is 0 Å². The SMILES string of the molecule is CCOc1ccc(Br)cc1C(c1cccc(Cl)c1)N1CCCC(C(=O)O)C1. The molecule has 0 aliphatic carbocycles. The zero-order valence-corrected chi connectivity index (χ0v) is 17.5. The standard InChI is InChI=1S/C21H23BrClNO3/c1-2-27-19-9-8-16(22)12-18(19)20(14-5-3-7-17(23)11-14)24-10-4-6-15(13-24)21(25)26/h3,5,7-9,11-12,15,20H,2,4,6,10,13H2,1H3,(H,25,26). The van der Waals surface area contributed by atoms with Crippen LogP contribution in [0.2, 0.25) is 5.02 Å². The van der Waals surface area contributed by atoms with Crippen molar-refractivity contribution < 1.29 is 14.6 Å². The number of rotatable bonds is 6. The number of aliphatic carboxylic acids is 1. The summed E-state index contributed by atoms with van der Waals surface area (Å²) >= 11 is 9.84. The van der Waals surface area contributed by atoms with Gasteiger partial charge in [-0.1, -0.05) is 39.7 Å².